The van der Waals surface area contributed by atoms with Gasteiger partial charge in [-0.1, -0.05) is 13.0 Å². The average Bonchev–Trinajstić information content (AvgIpc) is 3.16. The maximum Gasteiger partial charge on any atom is 0.292 e. The molecule has 25 heavy (non-hydrogen) atoms. The van der Waals surface area contributed by atoms with Crippen molar-refractivity contribution in [1.29, 1.82) is 0 Å². The van der Waals surface area contributed by atoms with Gasteiger partial charge in [0.25, 0.3) is 10.0 Å². The van der Waals surface area contributed by atoms with E-state index in [9.17, 15) is 16.8 Å². The fourth-order valence-electron chi connectivity index (χ4n) is 3.06. The van der Waals surface area contributed by atoms with Crippen molar-refractivity contribution in [3.8, 4) is 0 Å². The van der Waals surface area contributed by atoms with Crippen LogP contribution < -0.4 is 0 Å². The molecule has 0 spiro atoms. The Morgan fingerprint density at radius 2 is 1.76 bits per heavy atom. The zero-order valence-electron chi connectivity index (χ0n) is 14.3. The number of thiophene rings is 1. The van der Waals surface area contributed by atoms with Crippen molar-refractivity contribution in [2.24, 2.45) is 5.92 Å². The lowest BCUT2D eigenvalue weighted by Gasteiger charge is -2.29. The first-order valence-corrected chi connectivity index (χ1v) is 11.8. The average molecular weight is 404 g/mol. The number of piperidine rings is 1. The van der Waals surface area contributed by atoms with E-state index >= 15 is 0 Å². The molecule has 2 aromatic heterocycles. The monoisotopic (exact) mass is 403 g/mol. The Labute approximate surface area is 152 Å². The fraction of sp³-hybridized carbons (Fsp3) is 0.533. The second kappa shape index (κ2) is 6.49. The minimum Gasteiger partial charge on any atom is -0.207 e. The Kier molecular flexibility index (Phi) is 4.82. The summed E-state index contributed by atoms with van der Waals surface area (Å²) in [5, 5.41) is 5.70. The summed E-state index contributed by atoms with van der Waals surface area (Å²) in [6, 6.07) is 3.12. The molecule has 0 radical (unpaired) electrons. The van der Waals surface area contributed by atoms with E-state index in [1.807, 2.05) is 0 Å². The predicted octanol–water partition coefficient (Wildman–Crippen LogP) is 2.22. The van der Waals surface area contributed by atoms with E-state index in [0.717, 1.165) is 28.3 Å². The van der Waals surface area contributed by atoms with Crippen molar-refractivity contribution >= 4 is 31.4 Å². The lowest BCUT2D eigenvalue weighted by Crippen LogP contribution is -2.38. The van der Waals surface area contributed by atoms with Crippen LogP contribution >= 0.6 is 11.3 Å². The minimum absolute atomic E-state index is 0.00202. The van der Waals surface area contributed by atoms with Gasteiger partial charge in [0.15, 0.2) is 0 Å². The summed E-state index contributed by atoms with van der Waals surface area (Å²) in [7, 11) is -7.65. The molecular formula is C15H21N3O4S3. The fourth-order valence-corrected chi connectivity index (χ4v) is 7.36. The molecule has 0 saturated carbocycles. The predicted molar refractivity (Wildman–Crippen MR) is 95.8 cm³/mol. The summed E-state index contributed by atoms with van der Waals surface area (Å²) >= 11 is 1.08. The first kappa shape index (κ1) is 18.6. The van der Waals surface area contributed by atoms with Crippen LogP contribution in [-0.2, 0) is 20.0 Å². The molecular weight excluding hydrogens is 382 g/mol. The van der Waals surface area contributed by atoms with Crippen LogP contribution in [0.4, 0.5) is 0 Å². The highest BCUT2D eigenvalue weighted by Gasteiger charge is 2.35. The van der Waals surface area contributed by atoms with Crippen LogP contribution in [0.25, 0.3) is 0 Å². The van der Waals surface area contributed by atoms with Gasteiger partial charge in [0.2, 0.25) is 10.0 Å². The second-order valence-electron chi connectivity index (χ2n) is 6.37. The van der Waals surface area contributed by atoms with Gasteiger partial charge in [-0.05, 0) is 44.1 Å². The van der Waals surface area contributed by atoms with E-state index < -0.39 is 20.0 Å². The first-order chi connectivity index (χ1) is 11.7. The van der Waals surface area contributed by atoms with E-state index in [1.165, 1.54) is 24.2 Å². The Morgan fingerprint density at radius 1 is 1.12 bits per heavy atom. The van der Waals surface area contributed by atoms with Crippen molar-refractivity contribution in [2.75, 3.05) is 13.1 Å². The van der Waals surface area contributed by atoms with Gasteiger partial charge in [-0.2, -0.15) is 21.9 Å². The number of aromatic nitrogens is 2. The normalized spacial score (nSPS) is 17.9. The van der Waals surface area contributed by atoms with E-state index in [0.29, 0.717) is 19.0 Å². The van der Waals surface area contributed by atoms with Crippen LogP contribution in [0.1, 0.15) is 31.2 Å². The van der Waals surface area contributed by atoms with Gasteiger partial charge >= 0.3 is 0 Å². The summed E-state index contributed by atoms with van der Waals surface area (Å²) in [6.45, 7) is 6.03. The molecule has 0 aliphatic carbocycles. The highest BCUT2D eigenvalue weighted by Crippen LogP contribution is 2.30. The van der Waals surface area contributed by atoms with Gasteiger partial charge < -0.3 is 0 Å². The number of aryl methyl sites for hydroxylation is 1. The molecule has 1 saturated heterocycles. The zero-order chi connectivity index (χ0) is 18.4. The maximum atomic E-state index is 13.0. The molecule has 0 bridgehead atoms. The van der Waals surface area contributed by atoms with E-state index in [4.69, 9.17) is 0 Å². The summed E-state index contributed by atoms with van der Waals surface area (Å²) in [5.41, 5.74) is 0.334. The highest BCUT2D eigenvalue weighted by atomic mass is 32.2. The minimum atomic E-state index is -3.89. The van der Waals surface area contributed by atoms with Crippen molar-refractivity contribution < 1.29 is 16.8 Å². The van der Waals surface area contributed by atoms with Gasteiger partial charge in [-0.15, -0.1) is 11.3 Å². The van der Waals surface area contributed by atoms with Crippen LogP contribution in [0.2, 0.25) is 0 Å². The first-order valence-electron chi connectivity index (χ1n) is 8.01. The molecule has 0 unspecified atom stereocenters. The molecule has 0 atom stereocenters. The molecule has 0 N–H and O–H groups in total. The largest absolute Gasteiger partial charge is 0.292 e. The number of nitrogens with zero attached hydrogens (tertiary/aromatic N) is 3. The lowest BCUT2D eigenvalue weighted by molar-refractivity contribution is 0.288. The molecule has 0 amide bonds. The number of rotatable bonds is 4. The molecule has 0 aromatic carbocycles. The Morgan fingerprint density at radius 3 is 2.32 bits per heavy atom. The maximum absolute atomic E-state index is 13.0. The molecule has 3 heterocycles. The van der Waals surface area contributed by atoms with Crippen LogP contribution in [-0.4, -0.2) is 43.4 Å². The molecule has 10 heteroatoms. The van der Waals surface area contributed by atoms with Crippen molar-refractivity contribution in [2.45, 2.75) is 42.7 Å². The van der Waals surface area contributed by atoms with Crippen molar-refractivity contribution in [3.63, 3.8) is 0 Å². The Bertz CT molecular complexity index is 968. The molecule has 7 nitrogen and oxygen atoms in total. The third-order valence-corrected chi connectivity index (χ3v) is 9.69. The van der Waals surface area contributed by atoms with Gasteiger partial charge in [0, 0.05) is 13.1 Å². The molecule has 1 fully saturated rings. The van der Waals surface area contributed by atoms with Crippen LogP contribution in [0.3, 0.4) is 0 Å². The molecule has 138 valence electrons. The quantitative estimate of drug-likeness (QED) is 0.781. The highest BCUT2D eigenvalue weighted by molar-refractivity contribution is 7.92. The molecule has 2 aromatic rings. The van der Waals surface area contributed by atoms with Gasteiger partial charge in [0.1, 0.15) is 9.10 Å². The third-order valence-electron chi connectivity index (χ3n) is 4.50. The lowest BCUT2D eigenvalue weighted by atomic mass is 10.0. The standard InChI is InChI=1S/C15H21N3O4S3/c1-11-6-8-17(9-7-11)25(21,22)15-12(2)16-18(13(15)3)24(19,20)14-5-4-10-23-14/h4-5,10-11H,6-9H2,1-3H3. The number of sulfonamides is 1. The van der Waals surface area contributed by atoms with Gasteiger partial charge in [-0.25, -0.2) is 8.42 Å². The topological polar surface area (TPSA) is 89.3 Å². The van der Waals surface area contributed by atoms with Gasteiger partial charge in [-0.3, -0.25) is 0 Å². The van der Waals surface area contributed by atoms with Crippen LogP contribution in [0, 0.1) is 19.8 Å². The second-order valence-corrected chi connectivity index (χ2v) is 11.2. The summed E-state index contributed by atoms with van der Waals surface area (Å²) in [4.78, 5) is 0.00202. The van der Waals surface area contributed by atoms with Crippen molar-refractivity contribution in [3.05, 3.63) is 28.9 Å². The summed E-state index contributed by atoms with van der Waals surface area (Å²) in [6.07, 6.45) is 1.61. The smallest absolute Gasteiger partial charge is 0.207 e. The van der Waals surface area contributed by atoms with Gasteiger partial charge in [0.05, 0.1) is 11.4 Å². The van der Waals surface area contributed by atoms with E-state index in [1.54, 1.807) is 11.4 Å². The molecule has 1 aliphatic rings. The zero-order valence-corrected chi connectivity index (χ0v) is 16.8. The Hall–Kier alpha value is -1.23. The molecule has 3 rings (SSSR count). The summed E-state index contributed by atoms with van der Waals surface area (Å²) < 4.78 is 54.0. The van der Waals surface area contributed by atoms with E-state index in [2.05, 4.69) is 12.0 Å². The number of hydrogen-bond acceptors (Lipinski definition) is 6. The number of hydrogen-bond donors (Lipinski definition) is 0. The molecule has 1 aliphatic heterocycles. The van der Waals surface area contributed by atoms with Crippen LogP contribution in [0.5, 0.6) is 0 Å². The summed E-state index contributed by atoms with van der Waals surface area (Å²) in [5.74, 6) is 0.496. The third kappa shape index (κ3) is 3.16. The van der Waals surface area contributed by atoms with E-state index in [-0.39, 0.29) is 20.5 Å². The van der Waals surface area contributed by atoms with Crippen molar-refractivity contribution in [1.82, 2.24) is 13.5 Å². The Balaban J connectivity index is 2.06. The SMILES string of the molecule is Cc1nn(S(=O)(=O)c2cccs2)c(C)c1S(=O)(=O)N1CCC(C)CC1. The van der Waals surface area contributed by atoms with Crippen LogP contribution in [0.15, 0.2) is 26.6 Å².